The van der Waals surface area contributed by atoms with E-state index in [1.807, 2.05) is 23.5 Å². The third kappa shape index (κ3) is 3.57. The van der Waals surface area contributed by atoms with E-state index in [2.05, 4.69) is 18.5 Å². The molecule has 1 saturated heterocycles. The van der Waals surface area contributed by atoms with Crippen LogP contribution in [0.15, 0.2) is 4.99 Å². The summed E-state index contributed by atoms with van der Waals surface area (Å²) in [6.45, 7) is 3.27. The molecule has 1 unspecified atom stereocenters. The topological polar surface area (TPSA) is 24.4 Å². The summed E-state index contributed by atoms with van der Waals surface area (Å²) in [5.74, 6) is 1.23. The Bertz CT molecular complexity index is 273. The number of nitrogens with one attached hydrogen (secondary N) is 1. The second-order valence-electron chi connectivity index (χ2n) is 5.10. The van der Waals surface area contributed by atoms with Crippen molar-refractivity contribution in [1.82, 2.24) is 5.32 Å². The molecular weight excluding hydrogens is 248 g/mol. The molecule has 17 heavy (non-hydrogen) atoms. The average molecular weight is 272 g/mol. The van der Waals surface area contributed by atoms with Crippen molar-refractivity contribution < 1.29 is 0 Å². The van der Waals surface area contributed by atoms with Crippen molar-refractivity contribution in [2.75, 3.05) is 18.6 Å². The summed E-state index contributed by atoms with van der Waals surface area (Å²) >= 11 is 3.94. The van der Waals surface area contributed by atoms with Gasteiger partial charge in [-0.05, 0) is 31.9 Å². The summed E-state index contributed by atoms with van der Waals surface area (Å²) in [5, 5.41) is 4.77. The minimum Gasteiger partial charge on any atom is -0.362 e. The molecule has 2 rings (SSSR count). The van der Waals surface area contributed by atoms with Crippen LogP contribution in [0.25, 0.3) is 0 Å². The normalized spacial score (nSPS) is 30.5. The highest BCUT2D eigenvalue weighted by atomic mass is 32.2. The van der Waals surface area contributed by atoms with Crippen LogP contribution in [-0.4, -0.2) is 34.5 Å². The van der Waals surface area contributed by atoms with Crippen molar-refractivity contribution in [2.24, 2.45) is 4.99 Å². The fourth-order valence-electron chi connectivity index (χ4n) is 2.65. The van der Waals surface area contributed by atoms with Gasteiger partial charge in [-0.1, -0.05) is 31.5 Å². The van der Waals surface area contributed by atoms with Crippen LogP contribution in [0.3, 0.4) is 0 Å². The first kappa shape index (κ1) is 13.6. The molecule has 1 atom stereocenters. The molecule has 0 spiro atoms. The predicted molar refractivity (Wildman–Crippen MR) is 81.3 cm³/mol. The lowest BCUT2D eigenvalue weighted by molar-refractivity contribution is 0.566. The van der Waals surface area contributed by atoms with Gasteiger partial charge < -0.3 is 5.32 Å². The molecule has 0 aromatic carbocycles. The fourth-order valence-corrected chi connectivity index (χ4v) is 4.54. The Morgan fingerprint density at radius 2 is 2.24 bits per heavy atom. The third-order valence-corrected chi connectivity index (χ3v) is 6.35. The van der Waals surface area contributed by atoms with Gasteiger partial charge in [-0.3, -0.25) is 4.99 Å². The highest BCUT2D eigenvalue weighted by molar-refractivity contribution is 8.13. The van der Waals surface area contributed by atoms with Crippen LogP contribution in [0.5, 0.6) is 0 Å². The van der Waals surface area contributed by atoms with Crippen LogP contribution in [0.4, 0.5) is 0 Å². The van der Waals surface area contributed by atoms with Gasteiger partial charge in [0.15, 0.2) is 5.17 Å². The number of hydrogen-bond donors (Lipinski definition) is 1. The van der Waals surface area contributed by atoms with Gasteiger partial charge >= 0.3 is 0 Å². The molecule has 4 heteroatoms. The van der Waals surface area contributed by atoms with Gasteiger partial charge in [0.1, 0.15) is 0 Å². The Kier molecular flexibility index (Phi) is 5.10. The molecule has 0 radical (unpaired) electrons. The van der Waals surface area contributed by atoms with Crippen LogP contribution >= 0.6 is 23.5 Å². The Balaban J connectivity index is 1.90. The van der Waals surface area contributed by atoms with Crippen molar-refractivity contribution in [3.8, 4) is 0 Å². The lowest BCUT2D eigenvalue weighted by atomic mass is 10.1. The van der Waals surface area contributed by atoms with Crippen LogP contribution in [0.2, 0.25) is 0 Å². The monoisotopic (exact) mass is 272 g/mol. The van der Waals surface area contributed by atoms with E-state index in [9.17, 15) is 0 Å². The first-order chi connectivity index (χ1) is 8.28. The van der Waals surface area contributed by atoms with Crippen molar-refractivity contribution in [3.05, 3.63) is 0 Å². The second-order valence-corrected chi connectivity index (χ2v) is 7.46. The molecule has 1 aliphatic heterocycles. The fraction of sp³-hybridized carbons (Fsp3) is 0.923. The first-order valence-electron chi connectivity index (χ1n) is 6.77. The summed E-state index contributed by atoms with van der Waals surface area (Å²) in [4.78, 5) is 4.85. The van der Waals surface area contributed by atoms with Crippen molar-refractivity contribution in [3.63, 3.8) is 0 Å². The van der Waals surface area contributed by atoms with E-state index in [4.69, 9.17) is 4.99 Å². The minimum absolute atomic E-state index is 0.453. The van der Waals surface area contributed by atoms with E-state index < -0.39 is 0 Å². The molecule has 1 saturated carbocycles. The lowest BCUT2D eigenvalue weighted by Gasteiger charge is -2.27. The van der Waals surface area contributed by atoms with E-state index in [0.29, 0.717) is 10.8 Å². The van der Waals surface area contributed by atoms with E-state index in [-0.39, 0.29) is 0 Å². The molecule has 1 heterocycles. The summed E-state index contributed by atoms with van der Waals surface area (Å²) in [6.07, 6.45) is 10.2. The van der Waals surface area contributed by atoms with Gasteiger partial charge in [0, 0.05) is 16.5 Å². The number of thioether (sulfide) groups is 2. The maximum Gasteiger partial charge on any atom is 0.156 e. The quantitative estimate of drug-likeness (QED) is 0.847. The molecule has 2 aliphatic rings. The summed E-state index contributed by atoms with van der Waals surface area (Å²) in [6, 6.07) is 0.656. The highest BCUT2D eigenvalue weighted by Gasteiger charge is 2.33. The number of hydrogen-bond acceptors (Lipinski definition) is 3. The summed E-state index contributed by atoms with van der Waals surface area (Å²) in [7, 11) is 0. The van der Waals surface area contributed by atoms with E-state index in [0.717, 1.165) is 6.54 Å². The Labute approximate surface area is 114 Å². The maximum absolute atomic E-state index is 4.85. The Morgan fingerprint density at radius 3 is 2.88 bits per heavy atom. The Hall–Kier alpha value is 0.170. The van der Waals surface area contributed by atoms with Gasteiger partial charge in [-0.25, -0.2) is 0 Å². The average Bonchev–Trinajstić information content (AvgIpc) is 2.86. The number of nitrogens with zero attached hydrogens (tertiary/aromatic N) is 1. The molecule has 1 N–H and O–H groups in total. The van der Waals surface area contributed by atoms with Crippen molar-refractivity contribution in [2.45, 2.75) is 56.2 Å². The van der Waals surface area contributed by atoms with Gasteiger partial charge in [0.25, 0.3) is 0 Å². The predicted octanol–water partition coefficient (Wildman–Crippen LogP) is 3.52. The van der Waals surface area contributed by atoms with Gasteiger partial charge in [0.2, 0.25) is 0 Å². The highest BCUT2D eigenvalue weighted by Crippen LogP contribution is 2.40. The zero-order valence-electron chi connectivity index (χ0n) is 11.0. The largest absolute Gasteiger partial charge is 0.362 e. The molecule has 0 bridgehead atoms. The Morgan fingerprint density at radius 1 is 1.47 bits per heavy atom. The van der Waals surface area contributed by atoms with Gasteiger partial charge in [-0.15, -0.1) is 0 Å². The standard InChI is InChI=1S/C13H24N2S2/c1-3-11-6-9-17-12(15-11)14-10-13(16-2)7-4-5-8-13/h11H,3-10H2,1-2H3,(H,14,15). The third-order valence-electron chi connectivity index (χ3n) is 3.98. The van der Waals surface area contributed by atoms with E-state index in [1.165, 1.54) is 49.4 Å². The lowest BCUT2D eigenvalue weighted by Crippen LogP contribution is -2.38. The summed E-state index contributed by atoms with van der Waals surface area (Å²) in [5.41, 5.74) is 0. The summed E-state index contributed by atoms with van der Waals surface area (Å²) < 4.78 is 0.453. The van der Waals surface area contributed by atoms with E-state index >= 15 is 0 Å². The van der Waals surface area contributed by atoms with Gasteiger partial charge in [-0.2, -0.15) is 11.8 Å². The SMILES string of the molecule is CCC1CCSC(=NCC2(SC)CCCC2)N1. The molecule has 2 nitrogen and oxygen atoms in total. The molecule has 1 aliphatic carbocycles. The van der Waals surface area contributed by atoms with Crippen LogP contribution in [0, 0.1) is 0 Å². The smallest absolute Gasteiger partial charge is 0.156 e. The molecule has 98 valence electrons. The molecule has 0 amide bonds. The van der Waals surface area contributed by atoms with Crippen molar-refractivity contribution in [1.29, 1.82) is 0 Å². The maximum atomic E-state index is 4.85. The van der Waals surface area contributed by atoms with Gasteiger partial charge in [0.05, 0.1) is 6.54 Å². The second kappa shape index (κ2) is 6.37. The first-order valence-corrected chi connectivity index (χ1v) is 8.98. The number of amidine groups is 1. The van der Waals surface area contributed by atoms with Crippen LogP contribution in [0.1, 0.15) is 45.4 Å². The van der Waals surface area contributed by atoms with Crippen LogP contribution < -0.4 is 5.32 Å². The van der Waals surface area contributed by atoms with Crippen molar-refractivity contribution >= 4 is 28.7 Å². The van der Waals surface area contributed by atoms with E-state index in [1.54, 1.807) is 0 Å². The number of rotatable bonds is 4. The zero-order valence-corrected chi connectivity index (χ0v) is 12.6. The minimum atomic E-state index is 0.453. The molecule has 0 aromatic heterocycles. The van der Waals surface area contributed by atoms with Crippen LogP contribution in [-0.2, 0) is 0 Å². The molecule has 2 fully saturated rings. The molecular formula is C13H24N2S2. The number of aliphatic imine (C=N–C) groups is 1. The zero-order chi connectivity index (χ0) is 12.1. The molecule has 0 aromatic rings.